The highest BCUT2D eigenvalue weighted by molar-refractivity contribution is 5.77. The minimum absolute atomic E-state index is 0.195. The van der Waals surface area contributed by atoms with Crippen LogP contribution in [-0.4, -0.2) is 27.1 Å². The van der Waals surface area contributed by atoms with Gasteiger partial charge < -0.3 is 14.0 Å². The molecular formula is C17H23N3O2. The second-order valence-electron chi connectivity index (χ2n) is 5.94. The number of aryl methyl sites for hydroxylation is 2. The maximum absolute atomic E-state index is 12.7. The third-order valence-electron chi connectivity index (χ3n) is 4.64. The first-order valence-corrected chi connectivity index (χ1v) is 7.98. The Balaban J connectivity index is 1.70. The van der Waals surface area contributed by atoms with E-state index < -0.39 is 0 Å². The van der Waals surface area contributed by atoms with Crippen LogP contribution in [0.1, 0.15) is 48.5 Å². The summed E-state index contributed by atoms with van der Waals surface area (Å²) in [6.07, 6.45) is 4.26. The van der Waals surface area contributed by atoms with Gasteiger partial charge in [0.05, 0.1) is 11.7 Å². The number of carbonyl (C=O) groups is 1. The molecule has 0 fully saturated rings. The molecule has 0 aromatic carbocycles. The van der Waals surface area contributed by atoms with Gasteiger partial charge in [-0.2, -0.15) is 0 Å². The van der Waals surface area contributed by atoms with Crippen LogP contribution in [0.2, 0.25) is 0 Å². The molecule has 0 bridgehead atoms. The molecule has 3 rings (SSSR count). The third-order valence-corrected chi connectivity index (χ3v) is 4.64. The number of fused-ring (bicyclic) bond motifs is 1. The zero-order chi connectivity index (χ0) is 15.7. The van der Waals surface area contributed by atoms with Crippen LogP contribution in [-0.2, 0) is 17.8 Å². The van der Waals surface area contributed by atoms with E-state index in [-0.39, 0.29) is 11.9 Å². The number of rotatable bonds is 4. The molecule has 0 N–H and O–H groups in total. The lowest BCUT2D eigenvalue weighted by atomic mass is 10.0. The fourth-order valence-electron chi connectivity index (χ4n) is 3.43. The standard InChI is InChI=1S/C17H23N3O2/c1-4-15-16-6-5-9-19(16)10-11-20(15)17(21)8-7-14-12(2)18-22-13(14)3/h5-6,9,15H,4,7-8,10-11H2,1-3H3. The molecule has 1 aliphatic heterocycles. The molecule has 0 aliphatic carbocycles. The van der Waals surface area contributed by atoms with E-state index >= 15 is 0 Å². The van der Waals surface area contributed by atoms with Gasteiger partial charge in [-0.3, -0.25) is 4.79 Å². The van der Waals surface area contributed by atoms with E-state index in [0.717, 1.165) is 36.5 Å². The molecule has 1 unspecified atom stereocenters. The SMILES string of the molecule is CCC1c2cccn2CCN1C(=O)CCc1c(C)noc1C. The molecule has 1 atom stereocenters. The van der Waals surface area contributed by atoms with Crippen LogP contribution < -0.4 is 0 Å². The molecule has 118 valence electrons. The van der Waals surface area contributed by atoms with E-state index in [4.69, 9.17) is 4.52 Å². The van der Waals surface area contributed by atoms with Gasteiger partial charge in [0.2, 0.25) is 5.91 Å². The average molecular weight is 301 g/mol. The van der Waals surface area contributed by atoms with Crippen LogP contribution in [0.4, 0.5) is 0 Å². The Morgan fingerprint density at radius 2 is 2.23 bits per heavy atom. The molecule has 1 amide bonds. The van der Waals surface area contributed by atoms with Crippen molar-refractivity contribution in [2.75, 3.05) is 6.54 Å². The molecular weight excluding hydrogens is 278 g/mol. The first kappa shape index (κ1) is 14.9. The molecule has 5 heteroatoms. The summed E-state index contributed by atoms with van der Waals surface area (Å²) in [5, 5.41) is 3.96. The van der Waals surface area contributed by atoms with Crippen molar-refractivity contribution in [3.63, 3.8) is 0 Å². The van der Waals surface area contributed by atoms with Crippen molar-refractivity contribution in [3.05, 3.63) is 41.0 Å². The number of hydrogen-bond acceptors (Lipinski definition) is 3. The molecule has 22 heavy (non-hydrogen) atoms. The van der Waals surface area contributed by atoms with Crippen molar-refractivity contribution in [3.8, 4) is 0 Å². The van der Waals surface area contributed by atoms with E-state index in [2.05, 4.69) is 35.0 Å². The first-order valence-electron chi connectivity index (χ1n) is 7.98. The van der Waals surface area contributed by atoms with Gasteiger partial charge in [-0.25, -0.2) is 0 Å². The minimum atomic E-state index is 0.195. The largest absolute Gasteiger partial charge is 0.361 e. The number of carbonyl (C=O) groups excluding carboxylic acids is 1. The van der Waals surface area contributed by atoms with Gasteiger partial charge in [-0.1, -0.05) is 12.1 Å². The quantitative estimate of drug-likeness (QED) is 0.872. The minimum Gasteiger partial charge on any atom is -0.361 e. The van der Waals surface area contributed by atoms with Gasteiger partial charge in [0.15, 0.2) is 0 Å². The Morgan fingerprint density at radius 1 is 1.41 bits per heavy atom. The van der Waals surface area contributed by atoms with Crippen molar-refractivity contribution in [2.24, 2.45) is 0 Å². The summed E-state index contributed by atoms with van der Waals surface area (Å²) in [5.41, 5.74) is 3.21. The fourth-order valence-corrected chi connectivity index (χ4v) is 3.43. The molecule has 2 aromatic heterocycles. The van der Waals surface area contributed by atoms with Crippen molar-refractivity contribution in [1.29, 1.82) is 0 Å². The summed E-state index contributed by atoms with van der Waals surface area (Å²) in [7, 11) is 0. The van der Waals surface area contributed by atoms with E-state index in [1.54, 1.807) is 0 Å². The van der Waals surface area contributed by atoms with Gasteiger partial charge in [0.1, 0.15) is 5.76 Å². The highest BCUT2D eigenvalue weighted by atomic mass is 16.5. The predicted octanol–water partition coefficient (Wildman–Crippen LogP) is 3.02. The zero-order valence-electron chi connectivity index (χ0n) is 13.5. The summed E-state index contributed by atoms with van der Waals surface area (Å²) in [6, 6.07) is 4.39. The third kappa shape index (κ3) is 2.56. The summed E-state index contributed by atoms with van der Waals surface area (Å²) in [6.45, 7) is 7.65. The number of hydrogen-bond donors (Lipinski definition) is 0. The van der Waals surface area contributed by atoms with E-state index in [0.29, 0.717) is 12.8 Å². The Hall–Kier alpha value is -2.04. The van der Waals surface area contributed by atoms with Crippen molar-refractivity contribution in [2.45, 2.75) is 52.6 Å². The molecule has 0 spiro atoms. The van der Waals surface area contributed by atoms with Gasteiger partial charge in [-0.15, -0.1) is 0 Å². The van der Waals surface area contributed by atoms with E-state index in [1.165, 1.54) is 5.69 Å². The van der Waals surface area contributed by atoms with Crippen LogP contribution in [0.25, 0.3) is 0 Å². The second kappa shape index (κ2) is 5.99. The first-order chi connectivity index (χ1) is 10.6. The maximum atomic E-state index is 12.7. The van der Waals surface area contributed by atoms with Crippen LogP contribution in [0.15, 0.2) is 22.9 Å². The second-order valence-corrected chi connectivity index (χ2v) is 5.94. The fraction of sp³-hybridized carbons (Fsp3) is 0.529. The number of aromatic nitrogens is 2. The monoisotopic (exact) mass is 301 g/mol. The lowest BCUT2D eigenvalue weighted by molar-refractivity contribution is -0.134. The lowest BCUT2D eigenvalue weighted by Gasteiger charge is -2.36. The summed E-state index contributed by atoms with van der Waals surface area (Å²) in [4.78, 5) is 14.7. The average Bonchev–Trinajstić information content (AvgIpc) is 3.11. The van der Waals surface area contributed by atoms with E-state index in [9.17, 15) is 4.79 Å². The van der Waals surface area contributed by atoms with Crippen molar-refractivity contribution >= 4 is 5.91 Å². The topological polar surface area (TPSA) is 51.3 Å². The van der Waals surface area contributed by atoms with Gasteiger partial charge in [0.25, 0.3) is 0 Å². The van der Waals surface area contributed by atoms with Crippen LogP contribution in [0.5, 0.6) is 0 Å². The predicted molar refractivity (Wildman–Crippen MR) is 83.5 cm³/mol. The Kier molecular flexibility index (Phi) is 4.05. The van der Waals surface area contributed by atoms with Crippen LogP contribution in [0, 0.1) is 13.8 Å². The van der Waals surface area contributed by atoms with Crippen LogP contribution >= 0.6 is 0 Å². The molecule has 0 saturated carbocycles. The summed E-state index contributed by atoms with van der Waals surface area (Å²) >= 11 is 0. The summed E-state index contributed by atoms with van der Waals surface area (Å²) < 4.78 is 7.43. The molecule has 0 radical (unpaired) electrons. The lowest BCUT2D eigenvalue weighted by Crippen LogP contribution is -2.41. The van der Waals surface area contributed by atoms with Crippen LogP contribution in [0.3, 0.4) is 0 Å². The van der Waals surface area contributed by atoms with Gasteiger partial charge in [0, 0.05) is 37.0 Å². The molecule has 5 nitrogen and oxygen atoms in total. The van der Waals surface area contributed by atoms with Gasteiger partial charge >= 0.3 is 0 Å². The smallest absolute Gasteiger partial charge is 0.223 e. The Morgan fingerprint density at radius 3 is 2.91 bits per heavy atom. The molecule has 0 saturated heterocycles. The maximum Gasteiger partial charge on any atom is 0.223 e. The normalized spacial score (nSPS) is 17.6. The Bertz CT molecular complexity index is 652. The molecule has 1 aliphatic rings. The highest BCUT2D eigenvalue weighted by Gasteiger charge is 2.29. The summed E-state index contributed by atoms with van der Waals surface area (Å²) in [5.74, 6) is 1.05. The van der Waals surface area contributed by atoms with E-state index in [1.807, 2.05) is 18.7 Å². The number of amides is 1. The number of nitrogens with zero attached hydrogens (tertiary/aromatic N) is 3. The zero-order valence-corrected chi connectivity index (χ0v) is 13.5. The Labute approximate surface area is 130 Å². The van der Waals surface area contributed by atoms with Gasteiger partial charge in [-0.05, 0) is 38.8 Å². The molecule has 2 aromatic rings. The highest BCUT2D eigenvalue weighted by Crippen LogP contribution is 2.29. The van der Waals surface area contributed by atoms with Crippen molar-refractivity contribution < 1.29 is 9.32 Å². The van der Waals surface area contributed by atoms with Crippen molar-refractivity contribution in [1.82, 2.24) is 14.6 Å². The molecule has 3 heterocycles.